The summed E-state index contributed by atoms with van der Waals surface area (Å²) in [5.74, 6) is -5.31. The van der Waals surface area contributed by atoms with Gasteiger partial charge in [-0.15, -0.1) is 0 Å². The van der Waals surface area contributed by atoms with Crippen molar-refractivity contribution < 1.29 is 39.3 Å². The molecule has 30 heavy (non-hydrogen) atoms. The van der Waals surface area contributed by atoms with Crippen LogP contribution in [0.15, 0.2) is 0 Å². The number of amides is 2. The molecular formula is C17H30N4O8S. The molecule has 12 nitrogen and oxygen atoms in total. The number of carbonyl (C=O) groups is 5. The van der Waals surface area contributed by atoms with Gasteiger partial charge in [-0.25, -0.2) is 9.59 Å². The second-order valence-corrected chi connectivity index (χ2v) is 8.19. The molecule has 0 spiro atoms. The number of nitrogens with one attached hydrogen (secondary N) is 2. The lowest BCUT2D eigenvalue weighted by Crippen LogP contribution is -2.49. The van der Waals surface area contributed by atoms with Gasteiger partial charge in [-0.2, -0.15) is 11.8 Å². The van der Waals surface area contributed by atoms with Crippen molar-refractivity contribution in [3.8, 4) is 0 Å². The van der Waals surface area contributed by atoms with E-state index in [0.717, 1.165) is 11.8 Å². The topological polar surface area (TPSA) is 222 Å². The maximum absolute atomic E-state index is 12.0. The molecule has 0 aliphatic carbocycles. The number of nitrogens with two attached hydrogens (primary N) is 2. The van der Waals surface area contributed by atoms with Crippen LogP contribution in [0.2, 0.25) is 0 Å². The maximum atomic E-state index is 12.0. The van der Waals surface area contributed by atoms with Crippen molar-refractivity contribution >= 4 is 41.5 Å². The number of hydrogen-bond acceptors (Lipinski definition) is 8. The lowest BCUT2D eigenvalue weighted by atomic mass is 10.0. The molecule has 0 aromatic carbocycles. The van der Waals surface area contributed by atoms with E-state index < -0.39 is 53.9 Å². The molecule has 0 aromatic rings. The summed E-state index contributed by atoms with van der Waals surface area (Å²) in [5.41, 5.74) is 11.0. The highest BCUT2D eigenvalue weighted by Crippen LogP contribution is 2.07. The van der Waals surface area contributed by atoms with Crippen molar-refractivity contribution in [3.63, 3.8) is 0 Å². The van der Waals surface area contributed by atoms with Gasteiger partial charge in [-0.1, -0.05) is 13.8 Å². The highest BCUT2D eigenvalue weighted by molar-refractivity contribution is 7.99. The van der Waals surface area contributed by atoms with Crippen LogP contribution < -0.4 is 22.1 Å². The zero-order valence-corrected chi connectivity index (χ0v) is 17.7. The molecule has 0 saturated heterocycles. The Hall–Kier alpha value is -2.38. The van der Waals surface area contributed by atoms with E-state index in [0.29, 0.717) is 6.42 Å². The Labute approximate surface area is 178 Å². The average Bonchev–Trinajstić information content (AvgIpc) is 2.62. The Bertz CT molecular complexity index is 631. The number of carboxylic acid groups (broad SMARTS) is 3. The van der Waals surface area contributed by atoms with Crippen molar-refractivity contribution in [1.29, 1.82) is 0 Å². The monoisotopic (exact) mass is 450 g/mol. The van der Waals surface area contributed by atoms with Gasteiger partial charge in [0.1, 0.15) is 18.1 Å². The average molecular weight is 451 g/mol. The number of thioether (sulfide) groups is 1. The molecule has 0 rings (SSSR count). The first-order valence-corrected chi connectivity index (χ1v) is 10.4. The van der Waals surface area contributed by atoms with Crippen molar-refractivity contribution in [2.75, 3.05) is 11.5 Å². The molecule has 4 atom stereocenters. The minimum absolute atomic E-state index is 0.0429. The van der Waals surface area contributed by atoms with Crippen molar-refractivity contribution in [3.05, 3.63) is 0 Å². The van der Waals surface area contributed by atoms with Crippen LogP contribution in [0.3, 0.4) is 0 Å². The molecular weight excluding hydrogens is 420 g/mol. The minimum Gasteiger partial charge on any atom is -0.480 e. The highest BCUT2D eigenvalue weighted by atomic mass is 32.2. The normalized spacial score (nSPS) is 15.0. The number of rotatable bonds is 15. The van der Waals surface area contributed by atoms with Crippen LogP contribution in [0, 0.1) is 5.92 Å². The third-order valence-electron chi connectivity index (χ3n) is 3.87. The molecule has 0 fully saturated rings. The van der Waals surface area contributed by atoms with Gasteiger partial charge in [0.05, 0.1) is 6.04 Å². The van der Waals surface area contributed by atoms with Gasteiger partial charge < -0.3 is 37.4 Å². The third-order valence-corrected chi connectivity index (χ3v) is 5.03. The molecule has 9 N–H and O–H groups in total. The van der Waals surface area contributed by atoms with Crippen molar-refractivity contribution in [2.45, 2.75) is 57.3 Å². The third kappa shape index (κ3) is 11.6. The first-order valence-electron chi connectivity index (χ1n) is 9.22. The van der Waals surface area contributed by atoms with E-state index in [2.05, 4.69) is 10.6 Å². The van der Waals surface area contributed by atoms with E-state index >= 15 is 0 Å². The molecule has 0 heterocycles. The zero-order chi connectivity index (χ0) is 23.4. The van der Waals surface area contributed by atoms with Crippen molar-refractivity contribution in [1.82, 2.24) is 10.6 Å². The fraction of sp³-hybridized carbons (Fsp3) is 0.706. The zero-order valence-electron chi connectivity index (χ0n) is 16.9. The van der Waals surface area contributed by atoms with E-state index in [-0.39, 0.29) is 30.3 Å². The second kappa shape index (κ2) is 13.8. The molecule has 13 heteroatoms. The summed E-state index contributed by atoms with van der Waals surface area (Å²) in [6.07, 6.45) is -0.243. The predicted octanol–water partition coefficient (Wildman–Crippen LogP) is -1.58. The quantitative estimate of drug-likeness (QED) is 0.151. The lowest BCUT2D eigenvalue weighted by Gasteiger charge is -2.19. The lowest BCUT2D eigenvalue weighted by molar-refractivity contribution is -0.143. The smallest absolute Gasteiger partial charge is 0.327 e. The summed E-state index contributed by atoms with van der Waals surface area (Å²) in [6.45, 7) is 3.72. The number of hydrogen-bond donors (Lipinski definition) is 7. The van der Waals surface area contributed by atoms with Crippen LogP contribution in [0.25, 0.3) is 0 Å². The highest BCUT2D eigenvalue weighted by Gasteiger charge is 2.26. The van der Waals surface area contributed by atoms with Crippen LogP contribution in [-0.4, -0.2) is 80.7 Å². The Morgan fingerprint density at radius 1 is 0.833 bits per heavy atom. The molecule has 172 valence electrons. The van der Waals surface area contributed by atoms with Gasteiger partial charge >= 0.3 is 17.9 Å². The maximum Gasteiger partial charge on any atom is 0.327 e. The Morgan fingerprint density at radius 2 is 1.40 bits per heavy atom. The van der Waals surface area contributed by atoms with Gasteiger partial charge in [0, 0.05) is 17.9 Å². The number of aliphatic carboxylic acids is 3. The predicted molar refractivity (Wildman–Crippen MR) is 109 cm³/mol. The first kappa shape index (κ1) is 27.6. The fourth-order valence-electron chi connectivity index (χ4n) is 2.25. The van der Waals surface area contributed by atoms with Gasteiger partial charge in [0.15, 0.2) is 0 Å². The summed E-state index contributed by atoms with van der Waals surface area (Å²) in [7, 11) is 0. The molecule has 0 aromatic heterocycles. The molecule has 0 bridgehead atoms. The number of carbonyl (C=O) groups excluding carboxylic acids is 2. The van der Waals surface area contributed by atoms with Crippen molar-refractivity contribution in [2.24, 2.45) is 17.4 Å². The second-order valence-electron chi connectivity index (χ2n) is 7.11. The first-order chi connectivity index (χ1) is 13.8. The van der Waals surface area contributed by atoms with Crippen LogP contribution in [0.4, 0.5) is 0 Å². The SMILES string of the molecule is CC(C)C[C@@H](N)C(=O)N[C@H](CCC(=O)N[C@H](CSC[C@H](N)C(=O)O)C(=O)O)C(=O)O. The molecule has 0 saturated carbocycles. The summed E-state index contributed by atoms with van der Waals surface area (Å²) in [5, 5.41) is 31.6. The minimum atomic E-state index is -1.35. The fourth-order valence-corrected chi connectivity index (χ4v) is 3.25. The molecule has 0 aliphatic rings. The standard InChI is InChI=1S/C17H30N4O8S/c1-8(2)5-9(18)14(23)21-11(16(26)27)3-4-13(22)20-12(17(28)29)7-30-6-10(19)15(24)25/h8-12H,3-7,18-19H2,1-2H3,(H,20,22)(H,21,23)(H,24,25)(H,26,27)(H,28,29)/t9-,10+,11-,12-/m1/s1. The Balaban J connectivity index is 4.64. The molecule has 2 amide bonds. The van der Waals surface area contributed by atoms with E-state index in [1.54, 1.807) is 0 Å². The van der Waals surface area contributed by atoms with Crippen LogP contribution >= 0.6 is 11.8 Å². The van der Waals surface area contributed by atoms with Crippen LogP contribution in [-0.2, 0) is 24.0 Å². The molecule has 0 aliphatic heterocycles. The van der Waals surface area contributed by atoms with Gasteiger partial charge in [-0.3, -0.25) is 14.4 Å². The number of carboxylic acids is 3. The largest absolute Gasteiger partial charge is 0.480 e. The summed E-state index contributed by atoms with van der Waals surface area (Å²) >= 11 is 0.947. The summed E-state index contributed by atoms with van der Waals surface area (Å²) < 4.78 is 0. The molecule has 0 radical (unpaired) electrons. The van der Waals surface area contributed by atoms with Crippen LogP contribution in [0.1, 0.15) is 33.1 Å². The van der Waals surface area contributed by atoms with E-state index in [1.807, 2.05) is 13.8 Å². The Kier molecular flexibility index (Phi) is 12.7. The molecule has 0 unspecified atom stereocenters. The van der Waals surface area contributed by atoms with Gasteiger partial charge in [0.2, 0.25) is 11.8 Å². The Morgan fingerprint density at radius 3 is 1.87 bits per heavy atom. The summed E-state index contributed by atoms with van der Waals surface area (Å²) in [6, 6.07) is -4.71. The summed E-state index contributed by atoms with van der Waals surface area (Å²) in [4.78, 5) is 57.3. The van der Waals surface area contributed by atoms with Gasteiger partial charge in [0.25, 0.3) is 0 Å². The van der Waals surface area contributed by atoms with E-state index in [1.165, 1.54) is 0 Å². The van der Waals surface area contributed by atoms with Gasteiger partial charge in [-0.05, 0) is 18.8 Å². The van der Waals surface area contributed by atoms with Crippen LogP contribution in [0.5, 0.6) is 0 Å². The van der Waals surface area contributed by atoms with E-state index in [9.17, 15) is 34.2 Å². The van der Waals surface area contributed by atoms with E-state index in [4.69, 9.17) is 16.6 Å².